The van der Waals surface area contributed by atoms with Crippen LogP contribution in [0.5, 0.6) is 5.75 Å². The van der Waals surface area contributed by atoms with Crippen LogP contribution in [0.25, 0.3) is 21.9 Å². The summed E-state index contributed by atoms with van der Waals surface area (Å²) < 4.78 is 12.0. The normalized spacial score (nSPS) is 11.6. The number of furan rings is 1. The Labute approximate surface area is 137 Å². The molecule has 3 nitrogen and oxygen atoms in total. The molecule has 2 aromatic carbocycles. The molecular formula is C20H25NO2. The molecule has 3 heteroatoms. The molecular weight excluding hydrogens is 286 g/mol. The summed E-state index contributed by atoms with van der Waals surface area (Å²) >= 11 is 0. The first-order valence-corrected chi connectivity index (χ1v) is 8.59. The number of fused-ring (bicyclic) bond motifs is 3. The highest BCUT2D eigenvalue weighted by atomic mass is 16.5. The van der Waals surface area contributed by atoms with E-state index in [1.807, 2.05) is 36.4 Å². The highest BCUT2D eigenvalue weighted by Crippen LogP contribution is 2.35. The van der Waals surface area contributed by atoms with Crippen molar-refractivity contribution in [2.75, 3.05) is 26.2 Å². The van der Waals surface area contributed by atoms with Crippen LogP contribution in [-0.2, 0) is 0 Å². The fraction of sp³-hybridized carbons (Fsp3) is 0.400. The summed E-state index contributed by atoms with van der Waals surface area (Å²) in [5, 5.41) is 2.21. The lowest BCUT2D eigenvalue weighted by atomic mass is 10.1. The van der Waals surface area contributed by atoms with Gasteiger partial charge in [0.05, 0.1) is 5.39 Å². The fourth-order valence-electron chi connectivity index (χ4n) is 3.11. The second kappa shape index (κ2) is 7.51. The van der Waals surface area contributed by atoms with E-state index < -0.39 is 0 Å². The molecule has 1 heterocycles. The van der Waals surface area contributed by atoms with Gasteiger partial charge in [0.25, 0.3) is 0 Å². The maximum absolute atomic E-state index is 6.11. The molecule has 3 rings (SSSR count). The molecule has 0 aliphatic rings. The summed E-state index contributed by atoms with van der Waals surface area (Å²) in [6.45, 7) is 8.39. The number of hydrogen-bond donors (Lipinski definition) is 0. The van der Waals surface area contributed by atoms with Crippen LogP contribution < -0.4 is 4.74 Å². The number of ether oxygens (including phenoxy) is 1. The third-order valence-electron chi connectivity index (χ3n) is 4.11. The molecule has 0 saturated heterocycles. The molecule has 3 aromatic rings. The summed E-state index contributed by atoms with van der Waals surface area (Å²) in [4.78, 5) is 2.47. The van der Waals surface area contributed by atoms with Crippen LogP contribution in [0.4, 0.5) is 0 Å². The van der Waals surface area contributed by atoms with Gasteiger partial charge in [-0.05, 0) is 44.1 Å². The Morgan fingerprint density at radius 1 is 0.870 bits per heavy atom. The van der Waals surface area contributed by atoms with Gasteiger partial charge in [0.15, 0.2) is 0 Å². The van der Waals surface area contributed by atoms with E-state index in [1.54, 1.807) is 0 Å². The van der Waals surface area contributed by atoms with E-state index in [2.05, 4.69) is 24.8 Å². The van der Waals surface area contributed by atoms with Gasteiger partial charge in [0.1, 0.15) is 23.5 Å². The van der Waals surface area contributed by atoms with E-state index in [-0.39, 0.29) is 0 Å². The van der Waals surface area contributed by atoms with Crippen molar-refractivity contribution < 1.29 is 9.15 Å². The lowest BCUT2D eigenvalue weighted by molar-refractivity contribution is 0.210. The van der Waals surface area contributed by atoms with Gasteiger partial charge in [-0.1, -0.05) is 38.1 Å². The third-order valence-corrected chi connectivity index (χ3v) is 4.11. The fourth-order valence-corrected chi connectivity index (χ4v) is 3.11. The van der Waals surface area contributed by atoms with Gasteiger partial charge in [0.2, 0.25) is 0 Å². The molecule has 1 aromatic heterocycles. The highest BCUT2D eigenvalue weighted by molar-refractivity contribution is 6.08. The lowest BCUT2D eigenvalue weighted by Gasteiger charge is -2.21. The molecule has 0 atom stereocenters. The maximum atomic E-state index is 6.11. The van der Waals surface area contributed by atoms with Gasteiger partial charge in [-0.2, -0.15) is 0 Å². The van der Waals surface area contributed by atoms with E-state index in [0.717, 1.165) is 47.3 Å². The zero-order valence-corrected chi connectivity index (χ0v) is 14.0. The first-order chi connectivity index (χ1) is 11.3. The Kier molecular flexibility index (Phi) is 5.19. The predicted octanol–water partition coefficient (Wildman–Crippen LogP) is 5.09. The van der Waals surface area contributed by atoms with Crippen LogP contribution in [0.1, 0.15) is 26.7 Å². The monoisotopic (exact) mass is 311 g/mol. The molecule has 0 spiro atoms. The quantitative estimate of drug-likeness (QED) is 0.579. The molecule has 0 radical (unpaired) electrons. The molecule has 0 amide bonds. The van der Waals surface area contributed by atoms with Crippen molar-refractivity contribution in [2.45, 2.75) is 26.7 Å². The average molecular weight is 311 g/mol. The van der Waals surface area contributed by atoms with Crippen LogP contribution in [-0.4, -0.2) is 31.1 Å². The largest absolute Gasteiger partial charge is 0.491 e. The second-order valence-electron chi connectivity index (χ2n) is 5.92. The molecule has 0 saturated carbocycles. The number of hydrogen-bond acceptors (Lipinski definition) is 3. The predicted molar refractivity (Wildman–Crippen MR) is 96.2 cm³/mol. The Morgan fingerprint density at radius 3 is 2.39 bits per heavy atom. The van der Waals surface area contributed by atoms with E-state index in [0.29, 0.717) is 6.61 Å². The van der Waals surface area contributed by atoms with Crippen LogP contribution in [0, 0.1) is 0 Å². The van der Waals surface area contributed by atoms with Crippen LogP contribution in [0.2, 0.25) is 0 Å². The van der Waals surface area contributed by atoms with Crippen molar-refractivity contribution in [3.8, 4) is 5.75 Å². The van der Waals surface area contributed by atoms with Gasteiger partial charge in [-0.15, -0.1) is 0 Å². The highest BCUT2D eigenvalue weighted by Gasteiger charge is 2.11. The zero-order chi connectivity index (χ0) is 16.1. The van der Waals surface area contributed by atoms with Crippen molar-refractivity contribution in [3.63, 3.8) is 0 Å². The van der Waals surface area contributed by atoms with Crippen LogP contribution >= 0.6 is 0 Å². The zero-order valence-electron chi connectivity index (χ0n) is 14.0. The first kappa shape index (κ1) is 15.9. The number of para-hydroxylation sites is 1. The Morgan fingerprint density at radius 2 is 1.61 bits per heavy atom. The Balaban J connectivity index is 1.77. The molecule has 0 fully saturated rings. The maximum Gasteiger partial charge on any atom is 0.139 e. The lowest BCUT2D eigenvalue weighted by Crippen LogP contribution is -2.30. The number of nitrogens with zero attached hydrogens (tertiary/aromatic N) is 1. The smallest absolute Gasteiger partial charge is 0.139 e. The molecule has 0 aliphatic carbocycles. The standard InChI is InChI=1S/C20H25NO2/c1-3-12-21(13-4-2)14-15-22-18-10-7-11-19-20(18)16-8-5-6-9-17(16)23-19/h5-11H,3-4,12-15H2,1-2H3. The first-order valence-electron chi connectivity index (χ1n) is 8.59. The summed E-state index contributed by atoms with van der Waals surface area (Å²) in [6.07, 6.45) is 2.36. The van der Waals surface area contributed by atoms with E-state index >= 15 is 0 Å². The third kappa shape index (κ3) is 3.50. The van der Waals surface area contributed by atoms with Gasteiger partial charge in [0, 0.05) is 11.9 Å². The van der Waals surface area contributed by atoms with Gasteiger partial charge < -0.3 is 9.15 Å². The number of benzene rings is 2. The summed E-state index contributed by atoms with van der Waals surface area (Å²) in [5.74, 6) is 0.917. The summed E-state index contributed by atoms with van der Waals surface area (Å²) in [6, 6.07) is 14.2. The van der Waals surface area contributed by atoms with E-state index in [4.69, 9.17) is 9.15 Å². The van der Waals surface area contributed by atoms with Crippen molar-refractivity contribution >= 4 is 21.9 Å². The number of rotatable bonds is 8. The van der Waals surface area contributed by atoms with Crippen molar-refractivity contribution in [2.24, 2.45) is 0 Å². The minimum atomic E-state index is 0.707. The second-order valence-corrected chi connectivity index (χ2v) is 5.92. The van der Waals surface area contributed by atoms with Crippen LogP contribution in [0.3, 0.4) is 0 Å². The molecule has 122 valence electrons. The SMILES string of the molecule is CCCN(CCC)CCOc1cccc2oc3ccccc3c12. The Hall–Kier alpha value is -2.00. The average Bonchev–Trinajstić information content (AvgIpc) is 2.94. The van der Waals surface area contributed by atoms with E-state index in [9.17, 15) is 0 Å². The van der Waals surface area contributed by atoms with Crippen molar-refractivity contribution in [3.05, 3.63) is 42.5 Å². The summed E-state index contributed by atoms with van der Waals surface area (Å²) in [5.41, 5.74) is 1.81. The molecule has 0 N–H and O–H groups in total. The minimum absolute atomic E-state index is 0.707. The molecule has 0 bridgehead atoms. The van der Waals surface area contributed by atoms with Gasteiger partial charge in [-0.3, -0.25) is 4.90 Å². The van der Waals surface area contributed by atoms with Crippen molar-refractivity contribution in [1.29, 1.82) is 0 Å². The molecule has 0 aliphatic heterocycles. The molecule has 23 heavy (non-hydrogen) atoms. The van der Waals surface area contributed by atoms with Gasteiger partial charge in [-0.25, -0.2) is 0 Å². The minimum Gasteiger partial charge on any atom is -0.491 e. The van der Waals surface area contributed by atoms with Crippen molar-refractivity contribution in [1.82, 2.24) is 4.90 Å². The van der Waals surface area contributed by atoms with E-state index in [1.165, 1.54) is 12.8 Å². The molecule has 0 unspecified atom stereocenters. The van der Waals surface area contributed by atoms with Gasteiger partial charge >= 0.3 is 0 Å². The van der Waals surface area contributed by atoms with Crippen LogP contribution in [0.15, 0.2) is 46.9 Å². The Bertz CT molecular complexity index is 757. The summed E-state index contributed by atoms with van der Waals surface area (Å²) in [7, 11) is 0. The topological polar surface area (TPSA) is 25.6 Å².